The van der Waals surface area contributed by atoms with Gasteiger partial charge in [-0.05, 0) is 67.9 Å². The summed E-state index contributed by atoms with van der Waals surface area (Å²) in [4.78, 5) is 28.1. The summed E-state index contributed by atoms with van der Waals surface area (Å²) >= 11 is 0. The van der Waals surface area contributed by atoms with Crippen LogP contribution in [0.5, 0.6) is 0 Å². The van der Waals surface area contributed by atoms with Crippen molar-refractivity contribution in [2.75, 3.05) is 21.3 Å². The van der Waals surface area contributed by atoms with Crippen LogP contribution in [0.4, 0.5) is 0 Å². The average Bonchev–Trinajstić information content (AvgIpc) is 3.09. The molecule has 0 aromatic heterocycles. The van der Waals surface area contributed by atoms with Crippen LogP contribution >= 0.6 is 0 Å². The van der Waals surface area contributed by atoms with Gasteiger partial charge in [0, 0.05) is 44.4 Å². The van der Waals surface area contributed by atoms with Gasteiger partial charge in [-0.25, -0.2) is 0 Å². The van der Waals surface area contributed by atoms with E-state index in [9.17, 15) is 30.0 Å². The molecule has 0 aliphatic carbocycles. The van der Waals surface area contributed by atoms with E-state index in [4.69, 9.17) is 33.2 Å². The van der Waals surface area contributed by atoms with Crippen molar-refractivity contribution in [1.29, 1.82) is 0 Å². The average molecular weight is 734 g/mol. The van der Waals surface area contributed by atoms with E-state index in [1.54, 1.807) is 55.5 Å². The summed E-state index contributed by atoms with van der Waals surface area (Å²) in [6.07, 6.45) is -8.78. The Morgan fingerprint density at radius 3 is 2.02 bits per heavy atom. The molecule has 0 aromatic rings. The summed E-state index contributed by atoms with van der Waals surface area (Å²) in [5, 5.41) is 48.4. The number of Topliss-reactive ketones (excluding diaryl/α,β-unsaturated/α-hetero) is 1. The maximum absolute atomic E-state index is 14.1. The van der Waals surface area contributed by atoms with Crippen molar-refractivity contribution < 1.29 is 63.2 Å². The van der Waals surface area contributed by atoms with Crippen LogP contribution in [0.3, 0.4) is 0 Å². The van der Waals surface area contributed by atoms with Crippen LogP contribution in [0, 0.1) is 23.7 Å². The van der Waals surface area contributed by atoms with Crippen molar-refractivity contribution in [2.45, 2.75) is 179 Å². The highest BCUT2D eigenvalue weighted by Gasteiger charge is 2.54. The van der Waals surface area contributed by atoms with Crippen LogP contribution in [0.2, 0.25) is 0 Å². The molecular weight excluding hydrogens is 666 g/mol. The number of carbonyl (C=O) groups is 2. The lowest BCUT2D eigenvalue weighted by molar-refractivity contribution is -0.317. The number of ether oxygens (including phenoxy) is 7. The van der Waals surface area contributed by atoms with E-state index in [1.807, 2.05) is 13.8 Å². The van der Waals surface area contributed by atoms with Crippen molar-refractivity contribution in [2.24, 2.45) is 23.7 Å². The molecule has 3 aliphatic rings. The smallest absolute Gasteiger partial charge is 0.311 e. The van der Waals surface area contributed by atoms with Gasteiger partial charge in [-0.2, -0.15) is 0 Å². The number of rotatable bonds is 8. The molecule has 3 saturated heterocycles. The monoisotopic (exact) mass is 733 g/mol. The van der Waals surface area contributed by atoms with Crippen molar-refractivity contribution in [3.05, 3.63) is 0 Å². The highest BCUT2D eigenvalue weighted by atomic mass is 16.7. The first kappa shape index (κ1) is 44.1. The highest BCUT2D eigenvalue weighted by molar-refractivity contribution is 5.83. The van der Waals surface area contributed by atoms with Crippen LogP contribution in [0.25, 0.3) is 0 Å². The second kappa shape index (κ2) is 17.4. The summed E-state index contributed by atoms with van der Waals surface area (Å²) in [6.45, 7) is 17.0. The molecule has 5 N–H and O–H groups in total. The van der Waals surface area contributed by atoms with Gasteiger partial charge in [0.15, 0.2) is 12.6 Å². The lowest BCUT2D eigenvalue weighted by Crippen LogP contribution is -2.61. The highest BCUT2D eigenvalue weighted by Crippen LogP contribution is 2.41. The predicted molar refractivity (Wildman–Crippen MR) is 186 cm³/mol. The number of methoxy groups -OCH3 is 2. The number of aliphatic hydroxyl groups excluding tert-OH is 3. The quantitative estimate of drug-likeness (QED) is 0.228. The summed E-state index contributed by atoms with van der Waals surface area (Å²) in [5.74, 6) is -4.47. The minimum Gasteiger partial charge on any atom is -0.459 e. The SMILES string of the molecule is CC[C@@H]1OC(=O)[C@H](C)[C@H](O[C@H]2C[C@](C)(OC)[C@@H](O)[C@H](C)O2)[C@@H](C)[C@H](O[C@@H]2O[C@H](C)C[C@H](NC)[C@@H]2O)[C@](C)(OC)C[C@H](C)C(=O)[C@H](C)[C@@H](O)[C@]1(C)O. The van der Waals surface area contributed by atoms with E-state index < -0.39 is 102 Å². The topological polar surface area (TPSA) is 192 Å². The van der Waals surface area contributed by atoms with Crippen LogP contribution in [-0.2, 0) is 42.7 Å². The Morgan fingerprint density at radius 1 is 0.863 bits per heavy atom. The third-order valence-electron chi connectivity index (χ3n) is 12.0. The first-order chi connectivity index (χ1) is 23.6. The Balaban J connectivity index is 2.21. The second-order valence-corrected chi connectivity index (χ2v) is 16.0. The molecule has 0 amide bonds. The second-order valence-electron chi connectivity index (χ2n) is 16.0. The number of hydrogen-bond donors (Lipinski definition) is 5. The first-order valence-corrected chi connectivity index (χ1v) is 18.5. The number of hydrogen-bond acceptors (Lipinski definition) is 14. The zero-order valence-electron chi connectivity index (χ0n) is 33.0. The fourth-order valence-electron chi connectivity index (χ4n) is 8.38. The van der Waals surface area contributed by atoms with Gasteiger partial charge >= 0.3 is 5.97 Å². The van der Waals surface area contributed by atoms with E-state index >= 15 is 0 Å². The third kappa shape index (κ3) is 9.33. The summed E-state index contributed by atoms with van der Waals surface area (Å²) in [6, 6.07) is -0.334. The lowest BCUT2D eigenvalue weighted by Gasteiger charge is -2.49. The molecule has 3 aliphatic heterocycles. The summed E-state index contributed by atoms with van der Waals surface area (Å²) in [7, 11) is 4.75. The molecule has 14 heteroatoms. The standard InChI is InChI=1S/C37H67NO13/c1-14-25-37(10,44)30(41)20(4)27(39)18(2)16-36(9,46-13)32(51-34-28(40)24(38-11)15-19(3)47-34)21(5)29(22(6)33(43)49-25)50-26-17-35(8,45-12)31(42)23(7)48-26/h18-26,28-32,34,38,40-42,44H,14-17H2,1-13H3/t18-,19+,20-,21+,22+,23-,24-,25-,26-,28-,29+,30+,31-,32-,34-,35-,36+,37+/m0/s1. The molecule has 0 saturated carbocycles. The van der Waals surface area contributed by atoms with Crippen LogP contribution in [-0.4, -0.2) is 138 Å². The Hall–Kier alpha value is -1.30. The zero-order valence-corrected chi connectivity index (χ0v) is 33.0. The number of ketones is 1. The molecule has 0 aromatic carbocycles. The Labute approximate surface area is 304 Å². The van der Waals surface area contributed by atoms with E-state index in [0.717, 1.165) is 0 Å². The van der Waals surface area contributed by atoms with E-state index in [-0.39, 0.29) is 37.2 Å². The predicted octanol–water partition coefficient (Wildman–Crippen LogP) is 2.10. The van der Waals surface area contributed by atoms with Crippen molar-refractivity contribution in [3.8, 4) is 0 Å². The number of carbonyl (C=O) groups excluding carboxylic acids is 2. The first-order valence-electron chi connectivity index (χ1n) is 18.5. The lowest BCUT2D eigenvalue weighted by atomic mass is 9.74. The number of nitrogens with one attached hydrogen (secondary N) is 1. The van der Waals surface area contributed by atoms with Crippen LogP contribution in [0.15, 0.2) is 0 Å². The Morgan fingerprint density at radius 2 is 1.47 bits per heavy atom. The summed E-state index contributed by atoms with van der Waals surface area (Å²) in [5.41, 5.74) is -4.24. The fourth-order valence-corrected chi connectivity index (χ4v) is 8.38. The maximum atomic E-state index is 14.1. The van der Waals surface area contributed by atoms with Gasteiger partial charge in [0.2, 0.25) is 0 Å². The van der Waals surface area contributed by atoms with Gasteiger partial charge in [0.1, 0.15) is 29.7 Å². The minimum atomic E-state index is -1.96. The summed E-state index contributed by atoms with van der Waals surface area (Å²) < 4.78 is 43.7. The molecule has 0 bridgehead atoms. The van der Waals surface area contributed by atoms with Crippen molar-refractivity contribution in [3.63, 3.8) is 0 Å². The van der Waals surface area contributed by atoms with E-state index in [0.29, 0.717) is 6.42 Å². The van der Waals surface area contributed by atoms with Crippen molar-refractivity contribution >= 4 is 11.8 Å². The number of likely N-dealkylation sites (N-methyl/N-ethyl adjacent to an activating group) is 1. The molecule has 0 unspecified atom stereocenters. The van der Waals surface area contributed by atoms with Gasteiger partial charge in [-0.1, -0.05) is 27.7 Å². The molecule has 298 valence electrons. The number of aliphatic hydroxyl groups is 4. The molecule has 3 heterocycles. The van der Waals surface area contributed by atoms with Gasteiger partial charge in [-0.3, -0.25) is 9.59 Å². The van der Waals surface area contributed by atoms with Gasteiger partial charge < -0.3 is 58.9 Å². The Bertz CT molecular complexity index is 1160. The molecule has 0 radical (unpaired) electrons. The Kier molecular flexibility index (Phi) is 15.1. The van der Waals surface area contributed by atoms with E-state index in [1.165, 1.54) is 21.1 Å². The van der Waals surface area contributed by atoms with Gasteiger partial charge in [0.05, 0.1) is 47.6 Å². The molecular formula is C37H67NO13. The normalized spacial score (nSPS) is 49.6. The molecule has 0 spiro atoms. The van der Waals surface area contributed by atoms with Gasteiger partial charge in [0.25, 0.3) is 0 Å². The van der Waals surface area contributed by atoms with E-state index in [2.05, 4.69) is 5.32 Å². The fraction of sp³-hybridized carbons (Fsp3) is 0.946. The van der Waals surface area contributed by atoms with Crippen LogP contribution in [0.1, 0.15) is 94.9 Å². The largest absolute Gasteiger partial charge is 0.459 e. The minimum absolute atomic E-state index is 0.109. The van der Waals surface area contributed by atoms with Crippen molar-refractivity contribution in [1.82, 2.24) is 5.32 Å². The molecule has 14 nitrogen and oxygen atoms in total. The zero-order chi connectivity index (χ0) is 38.8. The van der Waals surface area contributed by atoms with Gasteiger partial charge in [-0.15, -0.1) is 0 Å². The molecule has 18 atom stereocenters. The molecule has 3 rings (SSSR count). The molecule has 51 heavy (non-hydrogen) atoms. The maximum Gasteiger partial charge on any atom is 0.311 e. The third-order valence-corrected chi connectivity index (χ3v) is 12.0. The number of esters is 1. The number of cyclic esters (lactones) is 1. The van der Waals surface area contributed by atoms with Crippen LogP contribution < -0.4 is 5.32 Å². The molecule has 3 fully saturated rings.